The minimum Gasteiger partial charge on any atom is -0.497 e. The lowest BCUT2D eigenvalue weighted by atomic mass is 9.95. The van der Waals surface area contributed by atoms with Gasteiger partial charge in [0, 0.05) is 0 Å². The number of hydrogen-bond donors (Lipinski definition) is 2. The molecule has 0 spiro atoms. The van der Waals surface area contributed by atoms with Crippen molar-refractivity contribution in [2.45, 2.75) is 5.60 Å². The summed E-state index contributed by atoms with van der Waals surface area (Å²) in [5, 5.41) is 19.0. The Hall–Kier alpha value is -1.59. The summed E-state index contributed by atoms with van der Waals surface area (Å²) >= 11 is 0. The van der Waals surface area contributed by atoms with Crippen LogP contribution in [0.25, 0.3) is 0 Å². The quantitative estimate of drug-likeness (QED) is 0.709. The Morgan fingerprint density at radius 2 is 1.88 bits per heavy atom. The van der Waals surface area contributed by atoms with Crippen LogP contribution in [0, 0.1) is 0 Å². The predicted octanol–water partition coefficient (Wildman–Crippen LogP) is 0.0481. The van der Waals surface area contributed by atoms with Gasteiger partial charge in [0.1, 0.15) is 5.75 Å². The Balaban J connectivity index is 3.07. The van der Waals surface area contributed by atoms with Gasteiger partial charge in [-0.1, -0.05) is 12.1 Å². The average molecular weight is 226 g/mol. The second-order valence-electron chi connectivity index (χ2n) is 3.24. The molecular weight excluding hydrogens is 212 g/mol. The Morgan fingerprint density at radius 1 is 1.31 bits per heavy atom. The van der Waals surface area contributed by atoms with E-state index >= 15 is 0 Å². The molecule has 5 heteroatoms. The van der Waals surface area contributed by atoms with Crippen LogP contribution < -0.4 is 4.74 Å². The van der Waals surface area contributed by atoms with Crippen LogP contribution in [0.2, 0.25) is 0 Å². The molecule has 0 saturated heterocycles. The fraction of sp³-hybridized carbons (Fsp3) is 0.364. The standard InChI is InChI=1S/C11H14O5/c1-15-9-5-3-8(4-6-9)11(14,7-12)10(13)16-2/h3-6,12,14H,7H2,1-2H3. The van der Waals surface area contributed by atoms with Crippen molar-refractivity contribution in [1.29, 1.82) is 0 Å². The molecule has 2 N–H and O–H groups in total. The molecule has 0 bridgehead atoms. The molecule has 0 fully saturated rings. The second kappa shape index (κ2) is 4.96. The highest BCUT2D eigenvalue weighted by atomic mass is 16.5. The van der Waals surface area contributed by atoms with E-state index < -0.39 is 18.2 Å². The third-order valence-corrected chi connectivity index (χ3v) is 2.32. The minimum absolute atomic E-state index is 0.252. The Labute approximate surface area is 93.2 Å². The highest BCUT2D eigenvalue weighted by Gasteiger charge is 2.38. The lowest BCUT2D eigenvalue weighted by molar-refractivity contribution is -0.168. The van der Waals surface area contributed by atoms with E-state index in [0.29, 0.717) is 5.75 Å². The molecule has 1 atom stereocenters. The first-order valence-corrected chi connectivity index (χ1v) is 4.64. The van der Waals surface area contributed by atoms with E-state index in [4.69, 9.17) is 9.84 Å². The first-order chi connectivity index (χ1) is 7.58. The van der Waals surface area contributed by atoms with Crippen molar-refractivity contribution < 1.29 is 24.5 Å². The highest BCUT2D eigenvalue weighted by Crippen LogP contribution is 2.24. The Kier molecular flexibility index (Phi) is 3.87. The van der Waals surface area contributed by atoms with Crippen molar-refractivity contribution in [3.8, 4) is 5.75 Å². The smallest absolute Gasteiger partial charge is 0.345 e. The molecule has 88 valence electrons. The number of aliphatic hydroxyl groups is 2. The van der Waals surface area contributed by atoms with Gasteiger partial charge < -0.3 is 19.7 Å². The lowest BCUT2D eigenvalue weighted by Crippen LogP contribution is -2.40. The van der Waals surface area contributed by atoms with Crippen molar-refractivity contribution in [3.05, 3.63) is 29.8 Å². The van der Waals surface area contributed by atoms with Gasteiger partial charge in [-0.05, 0) is 17.7 Å². The van der Waals surface area contributed by atoms with E-state index in [1.165, 1.54) is 19.2 Å². The van der Waals surface area contributed by atoms with Gasteiger partial charge in [-0.15, -0.1) is 0 Å². The Bertz CT molecular complexity index is 359. The zero-order valence-electron chi connectivity index (χ0n) is 9.14. The van der Waals surface area contributed by atoms with E-state index in [1.54, 1.807) is 12.1 Å². The zero-order valence-corrected chi connectivity index (χ0v) is 9.14. The summed E-state index contributed by atoms with van der Waals surface area (Å²) in [4.78, 5) is 11.4. The summed E-state index contributed by atoms with van der Waals surface area (Å²) in [6.45, 7) is -0.744. The SMILES string of the molecule is COC(=O)C(O)(CO)c1ccc(OC)cc1. The molecule has 1 aromatic rings. The molecule has 0 radical (unpaired) electrons. The number of carbonyl (C=O) groups excluding carboxylic acids is 1. The molecule has 1 unspecified atom stereocenters. The maximum absolute atomic E-state index is 11.4. The molecule has 0 aliphatic heterocycles. The van der Waals surface area contributed by atoms with E-state index in [1.807, 2.05) is 0 Å². The number of rotatable bonds is 4. The monoisotopic (exact) mass is 226 g/mol. The van der Waals surface area contributed by atoms with Gasteiger partial charge in [-0.3, -0.25) is 0 Å². The van der Waals surface area contributed by atoms with Crippen molar-refractivity contribution in [1.82, 2.24) is 0 Å². The number of methoxy groups -OCH3 is 2. The molecule has 0 amide bonds. The summed E-state index contributed by atoms with van der Waals surface area (Å²) in [5.74, 6) is -0.311. The van der Waals surface area contributed by atoms with Crippen LogP contribution in [0.15, 0.2) is 24.3 Å². The van der Waals surface area contributed by atoms with Crippen LogP contribution in [0.1, 0.15) is 5.56 Å². The fourth-order valence-electron chi connectivity index (χ4n) is 1.31. The van der Waals surface area contributed by atoms with Gasteiger partial charge in [0.15, 0.2) is 0 Å². The molecule has 5 nitrogen and oxygen atoms in total. The highest BCUT2D eigenvalue weighted by molar-refractivity contribution is 5.81. The van der Waals surface area contributed by atoms with Gasteiger partial charge in [0.05, 0.1) is 20.8 Å². The van der Waals surface area contributed by atoms with Crippen LogP contribution in [0.4, 0.5) is 0 Å². The predicted molar refractivity (Wildman–Crippen MR) is 56.0 cm³/mol. The van der Waals surface area contributed by atoms with Crippen LogP contribution in [0.5, 0.6) is 5.75 Å². The van der Waals surface area contributed by atoms with Gasteiger partial charge in [-0.25, -0.2) is 4.79 Å². The van der Waals surface area contributed by atoms with Crippen molar-refractivity contribution in [3.63, 3.8) is 0 Å². The molecule has 0 saturated carbocycles. The fourth-order valence-corrected chi connectivity index (χ4v) is 1.31. The first-order valence-electron chi connectivity index (χ1n) is 4.64. The maximum atomic E-state index is 11.4. The summed E-state index contributed by atoms with van der Waals surface area (Å²) < 4.78 is 9.38. The van der Waals surface area contributed by atoms with Crippen molar-refractivity contribution in [2.24, 2.45) is 0 Å². The molecule has 0 aromatic heterocycles. The number of aliphatic hydroxyl groups excluding tert-OH is 1. The number of benzene rings is 1. The number of ether oxygens (including phenoxy) is 2. The molecule has 16 heavy (non-hydrogen) atoms. The first kappa shape index (κ1) is 12.5. The largest absolute Gasteiger partial charge is 0.497 e. The van der Waals surface area contributed by atoms with E-state index in [9.17, 15) is 9.90 Å². The van der Waals surface area contributed by atoms with Crippen LogP contribution in [-0.2, 0) is 15.1 Å². The maximum Gasteiger partial charge on any atom is 0.345 e. The van der Waals surface area contributed by atoms with Crippen LogP contribution in [-0.4, -0.2) is 37.0 Å². The molecule has 1 aromatic carbocycles. The van der Waals surface area contributed by atoms with Gasteiger partial charge in [0.2, 0.25) is 5.60 Å². The summed E-state index contributed by atoms with van der Waals surface area (Å²) in [6.07, 6.45) is 0. The molecule has 0 heterocycles. The molecular formula is C11H14O5. The summed E-state index contributed by atoms with van der Waals surface area (Å²) in [7, 11) is 2.65. The van der Waals surface area contributed by atoms with Crippen molar-refractivity contribution >= 4 is 5.97 Å². The third-order valence-electron chi connectivity index (χ3n) is 2.32. The van der Waals surface area contributed by atoms with Gasteiger partial charge >= 0.3 is 5.97 Å². The molecule has 0 aliphatic carbocycles. The topological polar surface area (TPSA) is 76.0 Å². The van der Waals surface area contributed by atoms with Gasteiger partial charge in [-0.2, -0.15) is 0 Å². The van der Waals surface area contributed by atoms with Crippen molar-refractivity contribution in [2.75, 3.05) is 20.8 Å². The number of hydrogen-bond acceptors (Lipinski definition) is 5. The van der Waals surface area contributed by atoms with E-state index in [0.717, 1.165) is 7.11 Å². The zero-order chi connectivity index (χ0) is 12.2. The average Bonchev–Trinajstić information content (AvgIpc) is 2.36. The Morgan fingerprint density at radius 3 is 2.25 bits per heavy atom. The second-order valence-corrected chi connectivity index (χ2v) is 3.24. The van der Waals surface area contributed by atoms with Gasteiger partial charge in [0.25, 0.3) is 0 Å². The lowest BCUT2D eigenvalue weighted by Gasteiger charge is -2.23. The normalized spacial score (nSPS) is 14.0. The summed E-state index contributed by atoms with van der Waals surface area (Å²) in [5.41, 5.74) is -1.77. The number of esters is 1. The molecule has 1 rings (SSSR count). The number of carbonyl (C=O) groups is 1. The van der Waals surface area contributed by atoms with Crippen LogP contribution >= 0.6 is 0 Å². The van der Waals surface area contributed by atoms with E-state index in [-0.39, 0.29) is 5.56 Å². The summed E-state index contributed by atoms with van der Waals surface area (Å²) in [6, 6.07) is 6.15. The van der Waals surface area contributed by atoms with E-state index in [2.05, 4.69) is 4.74 Å². The van der Waals surface area contributed by atoms with Crippen LogP contribution in [0.3, 0.4) is 0 Å². The minimum atomic E-state index is -2.03. The molecule has 0 aliphatic rings. The third kappa shape index (κ3) is 2.15.